The lowest BCUT2D eigenvalue weighted by Gasteiger charge is -1.90. The van der Waals surface area contributed by atoms with Crippen molar-refractivity contribution >= 4 is 0 Å². The molecule has 13 heavy (non-hydrogen) atoms. The summed E-state index contributed by atoms with van der Waals surface area (Å²) in [6, 6.07) is 1.58. The molecule has 0 aliphatic heterocycles. The summed E-state index contributed by atoms with van der Waals surface area (Å²) < 4.78 is 4.77. The molecule has 2 aromatic heterocycles. The van der Waals surface area contributed by atoms with Crippen LogP contribution in [0, 0.1) is 0 Å². The van der Waals surface area contributed by atoms with Crippen molar-refractivity contribution in [3.05, 3.63) is 39.4 Å². The van der Waals surface area contributed by atoms with Crippen molar-refractivity contribution in [2.45, 2.75) is 0 Å². The third-order valence-electron chi connectivity index (χ3n) is 1.51. The fourth-order valence-corrected chi connectivity index (χ4v) is 0.943. The highest BCUT2D eigenvalue weighted by Gasteiger charge is 2.05. The predicted octanol–water partition coefficient (Wildman–Crippen LogP) is -0.282. The van der Waals surface area contributed by atoms with Gasteiger partial charge >= 0.3 is 5.69 Å². The molecule has 66 valence electrons. The van der Waals surface area contributed by atoms with Gasteiger partial charge in [-0.25, -0.2) is 9.89 Å². The van der Waals surface area contributed by atoms with Gasteiger partial charge in [-0.15, -0.1) is 0 Å². The molecule has 0 aliphatic rings. The summed E-state index contributed by atoms with van der Waals surface area (Å²) in [6.07, 6.45) is 2.79. The van der Waals surface area contributed by atoms with Crippen molar-refractivity contribution in [1.29, 1.82) is 0 Å². The number of H-pyrrole nitrogens is 2. The summed E-state index contributed by atoms with van der Waals surface area (Å²) in [5.41, 5.74) is -0.506. The Morgan fingerprint density at radius 2 is 2.23 bits per heavy atom. The van der Waals surface area contributed by atoms with E-state index in [9.17, 15) is 9.59 Å². The molecule has 6 nitrogen and oxygen atoms in total. The van der Waals surface area contributed by atoms with E-state index in [1.54, 1.807) is 6.07 Å². The molecule has 2 aromatic rings. The van der Waals surface area contributed by atoms with Gasteiger partial charge in [0.2, 0.25) is 0 Å². The summed E-state index contributed by atoms with van der Waals surface area (Å²) in [5, 5.41) is 5.71. The van der Waals surface area contributed by atoms with Crippen LogP contribution in [0.1, 0.15) is 0 Å². The normalized spacial score (nSPS) is 10.2. The Balaban J connectivity index is 2.67. The molecule has 0 saturated heterocycles. The fourth-order valence-electron chi connectivity index (χ4n) is 0.943. The van der Waals surface area contributed by atoms with Gasteiger partial charge in [-0.2, -0.15) is 5.10 Å². The molecule has 0 saturated carbocycles. The molecule has 0 spiro atoms. The van der Waals surface area contributed by atoms with Crippen LogP contribution in [0.25, 0.3) is 11.3 Å². The average Bonchev–Trinajstić information content (AvgIpc) is 2.56. The minimum Gasteiger partial charge on any atom is -0.472 e. The summed E-state index contributed by atoms with van der Waals surface area (Å²) in [4.78, 5) is 23.8. The van der Waals surface area contributed by atoms with E-state index in [0.717, 1.165) is 0 Å². The number of aromatic nitrogens is 3. The van der Waals surface area contributed by atoms with E-state index in [4.69, 9.17) is 4.42 Å². The van der Waals surface area contributed by atoms with Gasteiger partial charge in [0.15, 0.2) is 5.69 Å². The second-order valence-corrected chi connectivity index (χ2v) is 2.37. The van der Waals surface area contributed by atoms with Crippen LogP contribution < -0.4 is 11.2 Å². The molecule has 0 atom stereocenters. The first-order valence-corrected chi connectivity index (χ1v) is 3.49. The maximum atomic E-state index is 11.2. The quantitative estimate of drug-likeness (QED) is 0.629. The molecule has 0 bridgehead atoms. The van der Waals surface area contributed by atoms with E-state index < -0.39 is 11.2 Å². The molecule has 0 fully saturated rings. The van der Waals surface area contributed by atoms with Crippen LogP contribution in [0.2, 0.25) is 0 Å². The molecule has 0 aromatic carbocycles. The lowest BCUT2D eigenvalue weighted by molar-refractivity contribution is 0.568. The molecule has 0 radical (unpaired) electrons. The molecule has 6 heteroatoms. The third-order valence-corrected chi connectivity index (χ3v) is 1.51. The van der Waals surface area contributed by atoms with E-state index in [0.29, 0.717) is 5.56 Å². The predicted molar refractivity (Wildman–Crippen MR) is 43.2 cm³/mol. The highest BCUT2D eigenvalue weighted by molar-refractivity contribution is 5.54. The molecular formula is C7H5N3O3. The minimum atomic E-state index is -0.628. The van der Waals surface area contributed by atoms with E-state index in [2.05, 4.69) is 15.2 Å². The molecule has 2 N–H and O–H groups in total. The first-order valence-electron chi connectivity index (χ1n) is 3.49. The number of nitrogens with zero attached hydrogens (tertiary/aromatic N) is 1. The smallest absolute Gasteiger partial charge is 0.342 e. The topological polar surface area (TPSA) is 91.8 Å². The number of aromatic amines is 2. The van der Waals surface area contributed by atoms with Crippen molar-refractivity contribution in [2.75, 3.05) is 0 Å². The summed E-state index contributed by atoms with van der Waals surface area (Å²) >= 11 is 0. The SMILES string of the molecule is O=c1[nH]nc(-c2ccoc2)c(=O)[nH]1. The number of nitrogens with one attached hydrogen (secondary N) is 2. The summed E-state index contributed by atoms with van der Waals surface area (Å²) in [5.74, 6) is 0. The van der Waals surface area contributed by atoms with E-state index >= 15 is 0 Å². The van der Waals surface area contributed by atoms with Gasteiger partial charge in [0, 0.05) is 5.56 Å². The van der Waals surface area contributed by atoms with Gasteiger partial charge in [0.05, 0.1) is 12.5 Å². The fraction of sp³-hybridized carbons (Fsp3) is 0. The molecule has 0 amide bonds. The van der Waals surface area contributed by atoms with E-state index in [1.807, 2.05) is 0 Å². The number of hydrogen-bond donors (Lipinski definition) is 2. The van der Waals surface area contributed by atoms with Crippen LogP contribution in [0.4, 0.5) is 0 Å². The first kappa shape index (κ1) is 7.53. The maximum absolute atomic E-state index is 11.2. The Morgan fingerprint density at radius 3 is 2.85 bits per heavy atom. The van der Waals surface area contributed by atoms with Gasteiger partial charge < -0.3 is 4.42 Å². The first-order chi connectivity index (χ1) is 6.27. The third kappa shape index (κ3) is 1.28. The molecule has 0 unspecified atom stereocenters. The average molecular weight is 179 g/mol. The lowest BCUT2D eigenvalue weighted by atomic mass is 10.3. The van der Waals surface area contributed by atoms with Crippen LogP contribution >= 0.6 is 0 Å². The van der Waals surface area contributed by atoms with Crippen LogP contribution in [0.3, 0.4) is 0 Å². The highest BCUT2D eigenvalue weighted by Crippen LogP contribution is 2.10. The minimum absolute atomic E-state index is 0.133. The second kappa shape index (κ2) is 2.74. The van der Waals surface area contributed by atoms with Crippen LogP contribution in [-0.2, 0) is 0 Å². The van der Waals surface area contributed by atoms with Crippen LogP contribution in [0.15, 0.2) is 32.6 Å². The number of rotatable bonds is 1. The van der Waals surface area contributed by atoms with E-state index in [1.165, 1.54) is 12.5 Å². The second-order valence-electron chi connectivity index (χ2n) is 2.37. The van der Waals surface area contributed by atoms with Crippen LogP contribution in [-0.4, -0.2) is 15.2 Å². The Labute approximate surface area is 71.2 Å². The number of furan rings is 1. The van der Waals surface area contributed by atoms with Crippen molar-refractivity contribution < 1.29 is 4.42 Å². The summed E-state index contributed by atoms with van der Waals surface area (Å²) in [6.45, 7) is 0. The Bertz CT molecular complexity index is 508. The van der Waals surface area contributed by atoms with Crippen LogP contribution in [0.5, 0.6) is 0 Å². The molecule has 2 rings (SSSR count). The van der Waals surface area contributed by atoms with Gasteiger partial charge in [-0.05, 0) is 6.07 Å². The lowest BCUT2D eigenvalue weighted by Crippen LogP contribution is -2.24. The maximum Gasteiger partial charge on any atom is 0.342 e. The zero-order valence-corrected chi connectivity index (χ0v) is 6.40. The van der Waals surface area contributed by atoms with Gasteiger partial charge in [-0.1, -0.05) is 0 Å². The standard InChI is InChI=1S/C7H5N3O3/c11-6-5(4-1-2-13-3-4)9-10-7(12)8-6/h1-3H,(H2,8,10,11,12). The zero-order valence-electron chi connectivity index (χ0n) is 6.40. The molecule has 0 aliphatic carbocycles. The Hall–Kier alpha value is -2.11. The van der Waals surface area contributed by atoms with Gasteiger partial charge in [0.1, 0.15) is 0 Å². The van der Waals surface area contributed by atoms with Crippen molar-refractivity contribution in [1.82, 2.24) is 15.2 Å². The Morgan fingerprint density at radius 1 is 1.38 bits per heavy atom. The monoisotopic (exact) mass is 179 g/mol. The Kier molecular flexibility index (Phi) is 1.59. The largest absolute Gasteiger partial charge is 0.472 e. The zero-order chi connectivity index (χ0) is 9.26. The molecular weight excluding hydrogens is 174 g/mol. The van der Waals surface area contributed by atoms with Gasteiger partial charge in [-0.3, -0.25) is 9.78 Å². The van der Waals surface area contributed by atoms with Crippen molar-refractivity contribution in [3.63, 3.8) is 0 Å². The van der Waals surface area contributed by atoms with Gasteiger partial charge in [0.25, 0.3) is 5.56 Å². The highest BCUT2D eigenvalue weighted by atomic mass is 16.3. The van der Waals surface area contributed by atoms with E-state index in [-0.39, 0.29) is 5.69 Å². The van der Waals surface area contributed by atoms with Crippen molar-refractivity contribution in [3.8, 4) is 11.3 Å². The number of hydrogen-bond acceptors (Lipinski definition) is 4. The summed E-state index contributed by atoms with van der Waals surface area (Å²) in [7, 11) is 0. The van der Waals surface area contributed by atoms with Crippen molar-refractivity contribution in [2.24, 2.45) is 0 Å². The molecule has 2 heterocycles.